The number of amides is 1. The van der Waals surface area contributed by atoms with Gasteiger partial charge in [-0.1, -0.05) is 0 Å². The third kappa shape index (κ3) is 4.16. The number of aromatic nitrogens is 2. The van der Waals surface area contributed by atoms with Crippen molar-refractivity contribution < 1.29 is 17.6 Å². The van der Waals surface area contributed by atoms with Crippen molar-refractivity contribution in [1.29, 1.82) is 0 Å². The molecule has 25 heavy (non-hydrogen) atoms. The van der Waals surface area contributed by atoms with Crippen molar-refractivity contribution in [2.75, 3.05) is 13.1 Å². The molecule has 1 fully saturated rings. The summed E-state index contributed by atoms with van der Waals surface area (Å²) < 4.78 is 31.1. The van der Waals surface area contributed by atoms with E-state index >= 15 is 0 Å². The molecule has 3 rings (SSSR count). The fourth-order valence-electron chi connectivity index (χ4n) is 2.91. The average molecular weight is 365 g/mol. The van der Waals surface area contributed by atoms with Crippen LogP contribution in [0.15, 0.2) is 45.9 Å². The van der Waals surface area contributed by atoms with E-state index < -0.39 is 15.1 Å². The highest BCUT2D eigenvalue weighted by molar-refractivity contribution is 7.91. The van der Waals surface area contributed by atoms with Crippen LogP contribution in [0.5, 0.6) is 0 Å². The molecule has 0 aliphatic carbocycles. The molecule has 1 saturated heterocycles. The monoisotopic (exact) mass is 365 g/mol. The summed E-state index contributed by atoms with van der Waals surface area (Å²) in [6.45, 7) is 0.564. The lowest BCUT2D eigenvalue weighted by Gasteiger charge is -2.31. The lowest BCUT2D eigenvalue weighted by Crippen LogP contribution is -2.45. The van der Waals surface area contributed by atoms with Crippen LogP contribution < -0.4 is 5.56 Å². The Morgan fingerprint density at radius 1 is 1.24 bits per heavy atom. The van der Waals surface area contributed by atoms with E-state index in [4.69, 9.17) is 4.42 Å². The second-order valence-electron chi connectivity index (χ2n) is 5.99. The molecule has 0 aromatic carbocycles. The average Bonchev–Trinajstić information content (AvgIpc) is 3.09. The maximum absolute atomic E-state index is 12.4. The van der Waals surface area contributed by atoms with Gasteiger partial charge in [-0.2, -0.15) is 5.10 Å². The maximum atomic E-state index is 12.4. The molecule has 2 aromatic rings. The lowest BCUT2D eigenvalue weighted by atomic mass is 10.1. The van der Waals surface area contributed by atoms with Gasteiger partial charge in [-0.3, -0.25) is 9.59 Å². The Kier molecular flexibility index (Phi) is 5.03. The molecule has 1 aliphatic heterocycles. The van der Waals surface area contributed by atoms with Gasteiger partial charge in [-0.15, -0.1) is 0 Å². The SMILES string of the molecule is O=C(Cn1ncccc1=O)N1CCC(S(=O)(=O)Cc2ccco2)CC1. The van der Waals surface area contributed by atoms with Gasteiger partial charge in [0.15, 0.2) is 9.84 Å². The van der Waals surface area contributed by atoms with Gasteiger partial charge in [0.2, 0.25) is 5.91 Å². The third-order valence-corrected chi connectivity index (χ3v) is 6.47. The Morgan fingerprint density at radius 2 is 2.00 bits per heavy atom. The molecule has 0 unspecified atom stereocenters. The summed E-state index contributed by atoms with van der Waals surface area (Å²) >= 11 is 0. The van der Waals surface area contributed by atoms with Crippen molar-refractivity contribution >= 4 is 15.7 Å². The molecule has 0 N–H and O–H groups in total. The van der Waals surface area contributed by atoms with Crippen molar-refractivity contribution in [2.45, 2.75) is 30.4 Å². The highest BCUT2D eigenvalue weighted by Crippen LogP contribution is 2.22. The van der Waals surface area contributed by atoms with E-state index in [1.807, 2.05) is 0 Å². The second-order valence-corrected chi connectivity index (χ2v) is 8.27. The summed E-state index contributed by atoms with van der Waals surface area (Å²) in [7, 11) is -3.32. The zero-order valence-electron chi connectivity index (χ0n) is 13.6. The lowest BCUT2D eigenvalue weighted by molar-refractivity contribution is -0.132. The first-order valence-electron chi connectivity index (χ1n) is 7.99. The summed E-state index contributed by atoms with van der Waals surface area (Å²) in [5.41, 5.74) is -0.341. The van der Waals surface area contributed by atoms with Gasteiger partial charge >= 0.3 is 0 Å². The Morgan fingerprint density at radius 3 is 2.64 bits per heavy atom. The van der Waals surface area contributed by atoms with Crippen LogP contribution in [0.25, 0.3) is 0 Å². The molecule has 2 aromatic heterocycles. The Balaban J connectivity index is 1.57. The van der Waals surface area contributed by atoms with Gasteiger partial charge in [0.1, 0.15) is 18.1 Å². The van der Waals surface area contributed by atoms with E-state index in [0.717, 1.165) is 4.68 Å². The topological polar surface area (TPSA) is 102 Å². The first-order valence-corrected chi connectivity index (χ1v) is 9.71. The normalized spacial score (nSPS) is 16.1. The molecular weight excluding hydrogens is 346 g/mol. The number of carbonyl (C=O) groups excluding carboxylic acids is 1. The van der Waals surface area contributed by atoms with Crippen molar-refractivity contribution in [1.82, 2.24) is 14.7 Å². The van der Waals surface area contributed by atoms with Gasteiger partial charge in [0.25, 0.3) is 5.56 Å². The van der Waals surface area contributed by atoms with Crippen LogP contribution in [-0.4, -0.2) is 47.3 Å². The first kappa shape index (κ1) is 17.4. The molecule has 0 saturated carbocycles. The molecule has 1 aliphatic rings. The number of furan rings is 1. The number of piperidine rings is 1. The summed E-state index contributed by atoms with van der Waals surface area (Å²) in [5.74, 6) is 0.0674. The minimum Gasteiger partial charge on any atom is -0.468 e. The Hall–Kier alpha value is -2.42. The summed E-state index contributed by atoms with van der Waals surface area (Å²) in [4.78, 5) is 25.5. The molecule has 0 bridgehead atoms. The van der Waals surface area contributed by atoms with E-state index in [9.17, 15) is 18.0 Å². The van der Waals surface area contributed by atoms with Crippen molar-refractivity contribution in [3.63, 3.8) is 0 Å². The first-order chi connectivity index (χ1) is 12.0. The van der Waals surface area contributed by atoms with Gasteiger partial charge < -0.3 is 9.32 Å². The number of hydrogen-bond acceptors (Lipinski definition) is 6. The van der Waals surface area contributed by atoms with Gasteiger partial charge in [-0.05, 0) is 31.0 Å². The van der Waals surface area contributed by atoms with E-state index in [-0.39, 0.29) is 23.8 Å². The predicted molar refractivity (Wildman–Crippen MR) is 89.4 cm³/mol. The van der Waals surface area contributed by atoms with Gasteiger partial charge in [0.05, 0.1) is 11.5 Å². The van der Waals surface area contributed by atoms with E-state index in [2.05, 4.69) is 5.10 Å². The second kappa shape index (κ2) is 7.22. The summed E-state index contributed by atoms with van der Waals surface area (Å²) in [6, 6.07) is 6.15. The molecule has 8 nitrogen and oxygen atoms in total. The quantitative estimate of drug-likeness (QED) is 0.762. The number of likely N-dealkylation sites (tertiary alicyclic amines) is 1. The minimum atomic E-state index is -3.32. The number of carbonyl (C=O) groups is 1. The number of rotatable bonds is 5. The molecule has 1 amide bonds. The van der Waals surface area contributed by atoms with E-state index in [1.165, 1.54) is 24.6 Å². The smallest absolute Gasteiger partial charge is 0.267 e. The molecule has 9 heteroatoms. The number of sulfone groups is 1. The largest absolute Gasteiger partial charge is 0.468 e. The van der Waals surface area contributed by atoms with E-state index in [0.29, 0.717) is 31.7 Å². The molecule has 0 spiro atoms. The zero-order chi connectivity index (χ0) is 17.9. The number of nitrogens with zero attached hydrogens (tertiary/aromatic N) is 3. The third-order valence-electron chi connectivity index (χ3n) is 4.30. The Labute approximate surface area is 145 Å². The summed E-state index contributed by atoms with van der Waals surface area (Å²) in [6.07, 6.45) is 3.66. The van der Waals surface area contributed by atoms with E-state index in [1.54, 1.807) is 17.0 Å². The van der Waals surface area contributed by atoms with Crippen LogP contribution in [0.2, 0.25) is 0 Å². The minimum absolute atomic E-state index is 0.123. The maximum Gasteiger partial charge on any atom is 0.267 e. The predicted octanol–water partition coefficient (Wildman–Crippen LogP) is 0.442. The van der Waals surface area contributed by atoms with Crippen molar-refractivity contribution in [3.8, 4) is 0 Å². The van der Waals surface area contributed by atoms with Crippen LogP contribution >= 0.6 is 0 Å². The van der Waals surface area contributed by atoms with Crippen LogP contribution in [0.1, 0.15) is 18.6 Å². The molecule has 3 heterocycles. The highest BCUT2D eigenvalue weighted by atomic mass is 32.2. The van der Waals surface area contributed by atoms with Crippen molar-refractivity contribution in [2.24, 2.45) is 0 Å². The zero-order valence-corrected chi connectivity index (χ0v) is 14.4. The standard InChI is InChI=1S/C16H19N3O5S/c20-15-4-1-7-17-19(15)11-16(21)18-8-5-14(6-9-18)25(22,23)12-13-3-2-10-24-13/h1-4,7,10,14H,5-6,8-9,11-12H2. The van der Waals surface area contributed by atoms with Crippen LogP contribution in [0.3, 0.4) is 0 Å². The fraction of sp³-hybridized carbons (Fsp3) is 0.438. The van der Waals surface area contributed by atoms with Gasteiger partial charge in [0, 0.05) is 25.4 Å². The van der Waals surface area contributed by atoms with Crippen LogP contribution in [0.4, 0.5) is 0 Å². The number of hydrogen-bond donors (Lipinski definition) is 0. The molecule has 0 radical (unpaired) electrons. The Bertz CT molecular complexity index is 880. The molecular formula is C16H19N3O5S. The van der Waals surface area contributed by atoms with Gasteiger partial charge in [-0.25, -0.2) is 13.1 Å². The fourth-order valence-corrected chi connectivity index (χ4v) is 4.63. The van der Waals surface area contributed by atoms with Crippen molar-refractivity contribution in [3.05, 3.63) is 52.8 Å². The van der Waals surface area contributed by atoms with Crippen LogP contribution in [0, 0.1) is 0 Å². The summed E-state index contributed by atoms with van der Waals surface area (Å²) in [5, 5.41) is 3.37. The van der Waals surface area contributed by atoms with Crippen LogP contribution in [-0.2, 0) is 26.9 Å². The molecule has 0 atom stereocenters. The molecule has 134 valence electrons. The highest BCUT2D eigenvalue weighted by Gasteiger charge is 2.32.